The molecule has 2 rings (SSSR count). The van der Waals surface area contributed by atoms with Crippen molar-refractivity contribution in [3.63, 3.8) is 0 Å². The number of unbranched alkanes of at least 4 members (excludes halogenated alkanes) is 2. The number of hydrogen-bond acceptors (Lipinski definition) is 2. The summed E-state index contributed by atoms with van der Waals surface area (Å²) < 4.78 is 6.07. The van der Waals surface area contributed by atoms with Gasteiger partial charge in [-0.25, -0.2) is 0 Å². The van der Waals surface area contributed by atoms with Crippen molar-refractivity contribution in [1.82, 2.24) is 4.90 Å². The highest BCUT2D eigenvalue weighted by Crippen LogP contribution is 2.41. The van der Waals surface area contributed by atoms with Gasteiger partial charge in [0.2, 0.25) is 5.91 Å². The fourth-order valence-corrected chi connectivity index (χ4v) is 5.14. The molecular weight excluding hydrogens is 334 g/mol. The molecule has 27 heavy (non-hydrogen) atoms. The smallest absolute Gasteiger partial charge is 0.248 e. The van der Waals surface area contributed by atoms with Crippen molar-refractivity contribution in [3.8, 4) is 0 Å². The standard InChI is InChI=1S/C24H43NO2/c1-5-6-7-8-20-9-11-21(12-10-20)22-13-15-23(16-14-22)27-18-17-25(4)24(26)19(2)3/h20-23H,2,5-18H2,1,3-4H3. The molecule has 3 nitrogen and oxygen atoms in total. The fraction of sp³-hybridized carbons (Fsp3) is 0.875. The largest absolute Gasteiger partial charge is 0.376 e. The Bertz CT molecular complexity index is 445. The summed E-state index contributed by atoms with van der Waals surface area (Å²) in [4.78, 5) is 13.5. The summed E-state index contributed by atoms with van der Waals surface area (Å²) >= 11 is 0. The predicted molar refractivity (Wildman–Crippen MR) is 114 cm³/mol. The molecule has 2 fully saturated rings. The fourth-order valence-electron chi connectivity index (χ4n) is 5.14. The maximum atomic E-state index is 11.8. The van der Waals surface area contributed by atoms with E-state index in [9.17, 15) is 4.79 Å². The van der Waals surface area contributed by atoms with Crippen LogP contribution in [0.1, 0.15) is 90.9 Å². The Kier molecular flexibility index (Phi) is 9.89. The minimum absolute atomic E-state index is 0.0209. The molecule has 1 amide bonds. The zero-order valence-corrected chi connectivity index (χ0v) is 18.2. The summed E-state index contributed by atoms with van der Waals surface area (Å²) in [5, 5.41) is 0. The molecule has 2 aliphatic carbocycles. The Balaban J connectivity index is 1.58. The molecule has 0 bridgehead atoms. The van der Waals surface area contributed by atoms with Crippen molar-refractivity contribution < 1.29 is 9.53 Å². The first-order chi connectivity index (χ1) is 13.0. The van der Waals surface area contributed by atoms with E-state index in [0.29, 0.717) is 24.8 Å². The van der Waals surface area contributed by atoms with E-state index in [-0.39, 0.29) is 5.91 Å². The monoisotopic (exact) mass is 377 g/mol. The third kappa shape index (κ3) is 7.60. The lowest BCUT2D eigenvalue weighted by molar-refractivity contribution is -0.126. The van der Waals surface area contributed by atoms with Gasteiger partial charge < -0.3 is 9.64 Å². The van der Waals surface area contributed by atoms with Crippen molar-refractivity contribution in [1.29, 1.82) is 0 Å². The van der Waals surface area contributed by atoms with Crippen LogP contribution in [0.5, 0.6) is 0 Å². The van der Waals surface area contributed by atoms with Crippen molar-refractivity contribution in [2.75, 3.05) is 20.2 Å². The van der Waals surface area contributed by atoms with Crippen LogP contribution in [0.15, 0.2) is 12.2 Å². The van der Waals surface area contributed by atoms with E-state index in [1.54, 1.807) is 11.8 Å². The topological polar surface area (TPSA) is 29.5 Å². The lowest BCUT2D eigenvalue weighted by Crippen LogP contribution is -2.33. The molecular formula is C24H43NO2. The number of ether oxygens (including phenoxy) is 1. The highest BCUT2D eigenvalue weighted by atomic mass is 16.5. The van der Waals surface area contributed by atoms with Gasteiger partial charge in [0.25, 0.3) is 0 Å². The maximum absolute atomic E-state index is 11.8. The minimum atomic E-state index is 0.0209. The first kappa shape index (κ1) is 22.5. The molecule has 3 heteroatoms. The second-order valence-electron chi connectivity index (χ2n) is 9.19. The highest BCUT2D eigenvalue weighted by Gasteiger charge is 2.31. The Morgan fingerprint density at radius 1 is 1.00 bits per heavy atom. The van der Waals surface area contributed by atoms with Crippen molar-refractivity contribution in [2.24, 2.45) is 17.8 Å². The Morgan fingerprint density at radius 2 is 1.59 bits per heavy atom. The first-order valence-corrected chi connectivity index (χ1v) is 11.5. The molecule has 0 atom stereocenters. The van der Waals surface area contributed by atoms with Crippen LogP contribution in [0.3, 0.4) is 0 Å². The van der Waals surface area contributed by atoms with Gasteiger partial charge in [-0.05, 0) is 63.2 Å². The number of carbonyl (C=O) groups is 1. The Morgan fingerprint density at radius 3 is 2.15 bits per heavy atom. The molecule has 0 heterocycles. The van der Waals surface area contributed by atoms with Gasteiger partial charge in [-0.1, -0.05) is 52.0 Å². The van der Waals surface area contributed by atoms with Gasteiger partial charge in [0.1, 0.15) is 0 Å². The van der Waals surface area contributed by atoms with Crippen LogP contribution in [0.25, 0.3) is 0 Å². The summed E-state index contributed by atoms with van der Waals surface area (Å²) in [6.07, 6.45) is 17.1. The van der Waals surface area contributed by atoms with Gasteiger partial charge in [0.15, 0.2) is 0 Å². The van der Waals surface area contributed by atoms with Crippen molar-refractivity contribution in [3.05, 3.63) is 12.2 Å². The van der Waals surface area contributed by atoms with E-state index in [0.717, 1.165) is 17.8 Å². The molecule has 0 aromatic rings. The van der Waals surface area contributed by atoms with Gasteiger partial charge in [0, 0.05) is 19.2 Å². The third-order valence-electron chi connectivity index (χ3n) is 6.98. The molecule has 0 radical (unpaired) electrons. The lowest BCUT2D eigenvalue weighted by atomic mass is 9.70. The molecule has 0 N–H and O–H groups in total. The predicted octanol–water partition coefficient (Wildman–Crippen LogP) is 5.98. The van der Waals surface area contributed by atoms with Crippen LogP contribution in [-0.2, 0) is 9.53 Å². The zero-order chi connectivity index (χ0) is 19.6. The van der Waals surface area contributed by atoms with E-state index in [1.807, 2.05) is 7.05 Å². The molecule has 0 aromatic heterocycles. The van der Waals surface area contributed by atoms with Crippen molar-refractivity contribution >= 4 is 5.91 Å². The molecule has 0 aliphatic heterocycles. The number of hydrogen-bond donors (Lipinski definition) is 0. The van der Waals surface area contributed by atoms with Gasteiger partial charge in [-0.3, -0.25) is 4.79 Å². The number of carbonyl (C=O) groups excluding carboxylic acids is 1. The van der Waals surface area contributed by atoms with Gasteiger partial charge in [0.05, 0.1) is 12.7 Å². The molecule has 0 unspecified atom stereocenters. The maximum Gasteiger partial charge on any atom is 0.248 e. The van der Waals surface area contributed by atoms with Crippen LogP contribution >= 0.6 is 0 Å². The van der Waals surface area contributed by atoms with E-state index >= 15 is 0 Å². The lowest BCUT2D eigenvalue weighted by Gasteiger charge is -2.38. The number of rotatable bonds is 10. The van der Waals surface area contributed by atoms with Gasteiger partial charge in [-0.15, -0.1) is 0 Å². The number of amides is 1. The van der Waals surface area contributed by atoms with Crippen LogP contribution in [0.2, 0.25) is 0 Å². The highest BCUT2D eigenvalue weighted by molar-refractivity contribution is 5.91. The van der Waals surface area contributed by atoms with E-state index in [4.69, 9.17) is 4.74 Å². The van der Waals surface area contributed by atoms with Crippen LogP contribution < -0.4 is 0 Å². The summed E-state index contributed by atoms with van der Waals surface area (Å²) in [6.45, 7) is 9.09. The molecule has 156 valence electrons. The summed E-state index contributed by atoms with van der Waals surface area (Å²) in [5.74, 6) is 2.96. The van der Waals surface area contributed by atoms with Crippen LogP contribution in [0, 0.1) is 17.8 Å². The molecule has 0 aromatic carbocycles. The second-order valence-corrected chi connectivity index (χ2v) is 9.19. The second kappa shape index (κ2) is 11.9. The number of likely N-dealkylation sites (N-methyl/N-ethyl adjacent to an activating group) is 1. The minimum Gasteiger partial charge on any atom is -0.376 e. The van der Waals surface area contributed by atoms with Crippen LogP contribution in [0.4, 0.5) is 0 Å². The third-order valence-corrected chi connectivity index (χ3v) is 6.98. The first-order valence-electron chi connectivity index (χ1n) is 11.5. The normalized spacial score (nSPS) is 28.7. The van der Waals surface area contributed by atoms with Gasteiger partial charge in [-0.2, -0.15) is 0 Å². The quantitative estimate of drug-likeness (QED) is 0.346. The summed E-state index contributed by atoms with van der Waals surface area (Å²) in [7, 11) is 1.83. The van der Waals surface area contributed by atoms with Gasteiger partial charge >= 0.3 is 0 Å². The number of nitrogens with zero attached hydrogens (tertiary/aromatic N) is 1. The molecule has 2 saturated carbocycles. The Hall–Kier alpha value is -0.830. The molecule has 0 spiro atoms. The van der Waals surface area contributed by atoms with E-state index < -0.39 is 0 Å². The van der Waals surface area contributed by atoms with Crippen LogP contribution in [-0.4, -0.2) is 37.1 Å². The zero-order valence-electron chi connectivity index (χ0n) is 18.2. The average molecular weight is 378 g/mol. The molecule has 2 aliphatic rings. The summed E-state index contributed by atoms with van der Waals surface area (Å²) in [6, 6.07) is 0. The van der Waals surface area contributed by atoms with E-state index in [2.05, 4.69) is 13.5 Å². The summed E-state index contributed by atoms with van der Waals surface area (Å²) in [5.41, 5.74) is 0.595. The Labute approximate surface area is 167 Å². The van der Waals surface area contributed by atoms with Crippen molar-refractivity contribution in [2.45, 2.75) is 97.0 Å². The average Bonchev–Trinajstić information content (AvgIpc) is 2.68. The SMILES string of the molecule is C=C(C)C(=O)N(C)CCOC1CCC(C2CCC(CCCCC)CC2)CC1. The molecule has 0 saturated heterocycles. The van der Waals surface area contributed by atoms with E-state index in [1.165, 1.54) is 77.0 Å².